The molecule has 122 valence electrons. The first-order valence-electron chi connectivity index (χ1n) is 7.52. The average molecular weight is 314 g/mol. The van der Waals surface area contributed by atoms with E-state index in [1.807, 2.05) is 32.9 Å². The highest BCUT2D eigenvalue weighted by atomic mass is 16.5. The van der Waals surface area contributed by atoms with E-state index in [9.17, 15) is 9.59 Å². The maximum Gasteiger partial charge on any atom is 0.293 e. The second kappa shape index (κ2) is 7.13. The summed E-state index contributed by atoms with van der Waals surface area (Å²) < 4.78 is 6.32. The minimum Gasteiger partial charge on any atom is -0.491 e. The molecule has 0 spiro atoms. The van der Waals surface area contributed by atoms with Crippen LogP contribution in [0.3, 0.4) is 0 Å². The zero-order valence-corrected chi connectivity index (χ0v) is 13.9. The lowest BCUT2D eigenvalue weighted by atomic mass is 10.00. The third kappa shape index (κ3) is 4.00. The van der Waals surface area contributed by atoms with Crippen LogP contribution in [0.5, 0.6) is 5.75 Å². The number of hydrogen-bond acceptors (Lipinski definition) is 3. The fourth-order valence-corrected chi connectivity index (χ4v) is 2.54. The molecule has 2 rings (SSSR count). The Hall–Kier alpha value is -2.56. The van der Waals surface area contributed by atoms with Gasteiger partial charge in [0.1, 0.15) is 6.54 Å². The van der Waals surface area contributed by atoms with Gasteiger partial charge in [-0.2, -0.15) is 0 Å². The third-order valence-electron chi connectivity index (χ3n) is 3.80. The molecule has 1 atom stereocenters. The molecule has 5 nitrogen and oxygen atoms in total. The van der Waals surface area contributed by atoms with Gasteiger partial charge in [-0.15, -0.1) is 0 Å². The lowest BCUT2D eigenvalue weighted by Crippen LogP contribution is -2.34. The summed E-state index contributed by atoms with van der Waals surface area (Å²) in [6.45, 7) is 5.94. The van der Waals surface area contributed by atoms with Gasteiger partial charge in [-0.3, -0.25) is 9.59 Å². The average Bonchev–Trinajstić information content (AvgIpc) is 2.51. The number of aryl methyl sites for hydroxylation is 2. The first kappa shape index (κ1) is 16.8. The fourth-order valence-electron chi connectivity index (χ4n) is 2.54. The van der Waals surface area contributed by atoms with E-state index in [-0.39, 0.29) is 29.8 Å². The van der Waals surface area contributed by atoms with E-state index >= 15 is 0 Å². The first-order valence-corrected chi connectivity index (χ1v) is 7.52. The van der Waals surface area contributed by atoms with E-state index < -0.39 is 0 Å². The number of carbonyl (C=O) groups is 1. The molecular weight excluding hydrogens is 292 g/mol. The van der Waals surface area contributed by atoms with E-state index in [2.05, 4.69) is 11.4 Å². The van der Waals surface area contributed by atoms with Crippen molar-refractivity contribution in [2.24, 2.45) is 0 Å². The molecule has 1 N–H and O–H groups in total. The molecule has 0 aliphatic rings. The van der Waals surface area contributed by atoms with Crippen LogP contribution in [0.2, 0.25) is 0 Å². The Morgan fingerprint density at radius 3 is 2.74 bits per heavy atom. The molecule has 1 aromatic carbocycles. The Morgan fingerprint density at radius 1 is 1.30 bits per heavy atom. The van der Waals surface area contributed by atoms with Crippen molar-refractivity contribution in [2.75, 3.05) is 7.11 Å². The van der Waals surface area contributed by atoms with E-state index in [0.29, 0.717) is 0 Å². The molecule has 0 unspecified atom stereocenters. The number of hydrogen-bond donors (Lipinski definition) is 1. The largest absolute Gasteiger partial charge is 0.491 e. The molecule has 0 aliphatic carbocycles. The van der Waals surface area contributed by atoms with Crippen LogP contribution >= 0.6 is 0 Å². The van der Waals surface area contributed by atoms with Gasteiger partial charge in [-0.25, -0.2) is 0 Å². The molecule has 0 saturated heterocycles. The number of nitrogens with zero attached hydrogens (tertiary/aromatic N) is 1. The fraction of sp³-hybridized carbons (Fsp3) is 0.333. The molecular formula is C18H22N2O3. The smallest absolute Gasteiger partial charge is 0.293 e. The number of pyridine rings is 1. The van der Waals surface area contributed by atoms with Gasteiger partial charge in [0.15, 0.2) is 5.75 Å². The Morgan fingerprint density at radius 2 is 2.04 bits per heavy atom. The highest BCUT2D eigenvalue weighted by molar-refractivity contribution is 5.76. The minimum absolute atomic E-state index is 0.0365. The molecule has 1 amide bonds. The Balaban J connectivity index is 2.11. The lowest BCUT2D eigenvalue weighted by molar-refractivity contribution is -0.122. The van der Waals surface area contributed by atoms with E-state index in [4.69, 9.17) is 4.74 Å². The number of benzene rings is 1. The Bertz CT molecular complexity index is 765. The quantitative estimate of drug-likeness (QED) is 0.921. The number of carbonyl (C=O) groups excluding carboxylic acids is 1. The molecule has 1 heterocycles. The highest BCUT2D eigenvalue weighted by Gasteiger charge is 2.13. The van der Waals surface area contributed by atoms with Crippen LogP contribution in [0.15, 0.2) is 41.3 Å². The van der Waals surface area contributed by atoms with Crippen molar-refractivity contribution in [3.63, 3.8) is 0 Å². The van der Waals surface area contributed by atoms with Gasteiger partial charge in [0.2, 0.25) is 5.91 Å². The summed E-state index contributed by atoms with van der Waals surface area (Å²) >= 11 is 0. The molecule has 23 heavy (non-hydrogen) atoms. The number of nitrogens with one attached hydrogen (secondary N) is 1. The van der Waals surface area contributed by atoms with Gasteiger partial charge in [0.25, 0.3) is 5.56 Å². The number of amides is 1. The number of ether oxygens (including phenoxy) is 1. The van der Waals surface area contributed by atoms with Crippen molar-refractivity contribution < 1.29 is 9.53 Å². The predicted octanol–water partition coefficient (Wildman–Crippen LogP) is 2.35. The van der Waals surface area contributed by atoms with Crippen LogP contribution in [0, 0.1) is 13.8 Å². The molecule has 0 aliphatic heterocycles. The molecule has 0 radical (unpaired) electrons. The highest BCUT2D eigenvalue weighted by Crippen LogP contribution is 2.18. The van der Waals surface area contributed by atoms with Gasteiger partial charge in [0, 0.05) is 6.20 Å². The molecule has 2 aromatic rings. The molecule has 0 saturated carbocycles. The molecule has 1 aromatic heterocycles. The van der Waals surface area contributed by atoms with Gasteiger partial charge < -0.3 is 14.6 Å². The summed E-state index contributed by atoms with van der Waals surface area (Å²) in [6, 6.07) is 9.29. The zero-order chi connectivity index (χ0) is 17.0. The summed E-state index contributed by atoms with van der Waals surface area (Å²) in [6.07, 6.45) is 1.58. The van der Waals surface area contributed by atoms with Crippen LogP contribution < -0.4 is 15.6 Å². The normalized spacial score (nSPS) is 11.8. The van der Waals surface area contributed by atoms with E-state index in [0.717, 1.165) is 16.7 Å². The van der Waals surface area contributed by atoms with Crippen LogP contribution in [-0.4, -0.2) is 17.6 Å². The lowest BCUT2D eigenvalue weighted by Gasteiger charge is -2.18. The van der Waals surface area contributed by atoms with Crippen molar-refractivity contribution in [1.29, 1.82) is 0 Å². The second-order valence-electron chi connectivity index (χ2n) is 5.66. The molecule has 0 fully saturated rings. The van der Waals surface area contributed by atoms with Gasteiger partial charge >= 0.3 is 0 Å². The van der Waals surface area contributed by atoms with Crippen molar-refractivity contribution >= 4 is 5.91 Å². The van der Waals surface area contributed by atoms with Crippen LogP contribution in [-0.2, 0) is 11.3 Å². The number of rotatable bonds is 5. The summed E-state index contributed by atoms with van der Waals surface area (Å²) in [5, 5.41) is 2.94. The van der Waals surface area contributed by atoms with Gasteiger partial charge in [0.05, 0.1) is 13.2 Å². The topological polar surface area (TPSA) is 60.3 Å². The van der Waals surface area contributed by atoms with E-state index in [1.165, 1.54) is 11.7 Å². The predicted molar refractivity (Wildman–Crippen MR) is 89.7 cm³/mol. The maximum absolute atomic E-state index is 12.2. The molecule has 5 heteroatoms. The standard InChI is InChI=1S/C18H22N2O3/c1-12-7-8-13(2)15(10-12)14(3)19-17(21)11-20-9-5-6-16(23-4)18(20)22/h5-10,14H,11H2,1-4H3,(H,19,21)/t14-/m0/s1. The van der Waals surface area contributed by atoms with Crippen molar-refractivity contribution in [3.8, 4) is 5.75 Å². The SMILES string of the molecule is COc1cccn(CC(=O)N[C@@H](C)c2cc(C)ccc2C)c1=O. The van der Waals surface area contributed by atoms with Crippen molar-refractivity contribution in [3.05, 3.63) is 63.6 Å². The summed E-state index contributed by atoms with van der Waals surface area (Å²) in [7, 11) is 1.43. The van der Waals surface area contributed by atoms with Gasteiger partial charge in [-0.1, -0.05) is 23.8 Å². The summed E-state index contributed by atoms with van der Waals surface area (Å²) in [4.78, 5) is 24.3. The van der Waals surface area contributed by atoms with Gasteiger partial charge in [-0.05, 0) is 44.0 Å². The number of aromatic nitrogens is 1. The monoisotopic (exact) mass is 314 g/mol. The van der Waals surface area contributed by atoms with Crippen molar-refractivity contribution in [1.82, 2.24) is 9.88 Å². The van der Waals surface area contributed by atoms with E-state index in [1.54, 1.807) is 18.3 Å². The van der Waals surface area contributed by atoms with Crippen LogP contribution in [0.1, 0.15) is 29.7 Å². The molecule has 0 bridgehead atoms. The second-order valence-corrected chi connectivity index (χ2v) is 5.66. The van der Waals surface area contributed by atoms with Crippen LogP contribution in [0.4, 0.5) is 0 Å². The zero-order valence-electron chi connectivity index (χ0n) is 13.9. The Kier molecular flexibility index (Phi) is 5.21. The van der Waals surface area contributed by atoms with Crippen LogP contribution in [0.25, 0.3) is 0 Å². The Labute approximate surface area is 135 Å². The minimum atomic E-state index is -0.315. The van der Waals surface area contributed by atoms with Crippen molar-refractivity contribution in [2.45, 2.75) is 33.4 Å². The maximum atomic E-state index is 12.2. The summed E-state index contributed by atoms with van der Waals surface area (Å²) in [5.41, 5.74) is 3.04. The third-order valence-corrected chi connectivity index (χ3v) is 3.80. The summed E-state index contributed by atoms with van der Waals surface area (Å²) in [5.74, 6) is 0.0108. The number of methoxy groups -OCH3 is 1. The first-order chi connectivity index (χ1) is 10.9.